The average molecular weight is 370 g/mol. The number of anilines is 1. The average Bonchev–Trinajstić information content (AvgIpc) is 3.34. The molecule has 0 aliphatic carbocycles. The number of carbonyl (C=O) groups is 1. The van der Waals surface area contributed by atoms with Gasteiger partial charge in [0, 0.05) is 38.2 Å². The summed E-state index contributed by atoms with van der Waals surface area (Å²) in [4.78, 5) is 14.6. The molecule has 7 nitrogen and oxygen atoms in total. The number of hydrogen-bond donors (Lipinski definition) is 1. The first kappa shape index (κ1) is 17.9. The number of urea groups is 1. The molecule has 144 valence electrons. The van der Waals surface area contributed by atoms with E-state index in [9.17, 15) is 4.79 Å². The van der Waals surface area contributed by atoms with Crippen LogP contribution in [0, 0.1) is 5.92 Å². The Morgan fingerprint density at radius 2 is 2.30 bits per heavy atom. The van der Waals surface area contributed by atoms with Crippen molar-refractivity contribution in [1.29, 1.82) is 0 Å². The Morgan fingerprint density at radius 3 is 3.11 bits per heavy atom. The van der Waals surface area contributed by atoms with E-state index in [0.29, 0.717) is 25.6 Å². The van der Waals surface area contributed by atoms with Crippen molar-refractivity contribution in [2.45, 2.75) is 32.9 Å². The van der Waals surface area contributed by atoms with E-state index in [4.69, 9.17) is 9.47 Å². The molecular formula is C20H26N4O3. The largest absolute Gasteiger partial charge is 0.494 e. The summed E-state index contributed by atoms with van der Waals surface area (Å²) in [7, 11) is 0. The molecule has 2 aromatic rings. The van der Waals surface area contributed by atoms with E-state index in [0.717, 1.165) is 49.7 Å². The molecule has 1 saturated heterocycles. The summed E-state index contributed by atoms with van der Waals surface area (Å²) in [5, 5.41) is 7.38. The number of hydrogen-bond acceptors (Lipinski definition) is 4. The minimum atomic E-state index is -0.0908. The van der Waals surface area contributed by atoms with Gasteiger partial charge in [-0.15, -0.1) is 0 Å². The number of amides is 2. The Morgan fingerprint density at radius 1 is 1.37 bits per heavy atom. The molecule has 7 heteroatoms. The molecule has 1 aromatic carbocycles. The van der Waals surface area contributed by atoms with Crippen molar-refractivity contribution in [2.24, 2.45) is 5.92 Å². The Balaban J connectivity index is 1.41. The number of ether oxygens (including phenoxy) is 2. The van der Waals surface area contributed by atoms with E-state index in [1.54, 1.807) is 6.20 Å². The second kappa shape index (κ2) is 8.00. The van der Waals surface area contributed by atoms with Crippen molar-refractivity contribution in [3.63, 3.8) is 0 Å². The molecule has 1 N–H and O–H groups in total. The van der Waals surface area contributed by atoms with Crippen LogP contribution in [0.1, 0.15) is 24.5 Å². The van der Waals surface area contributed by atoms with Gasteiger partial charge in [0.05, 0.1) is 19.4 Å². The lowest BCUT2D eigenvalue weighted by atomic mass is 10.00. The van der Waals surface area contributed by atoms with Crippen LogP contribution >= 0.6 is 0 Å². The molecule has 0 radical (unpaired) electrons. The van der Waals surface area contributed by atoms with Crippen LogP contribution < -0.4 is 10.1 Å². The van der Waals surface area contributed by atoms with Crippen molar-refractivity contribution in [3.8, 4) is 5.75 Å². The lowest BCUT2D eigenvalue weighted by Gasteiger charge is -2.29. The minimum Gasteiger partial charge on any atom is -0.494 e. The third-order valence-electron chi connectivity index (χ3n) is 5.19. The second-order valence-electron chi connectivity index (χ2n) is 7.09. The van der Waals surface area contributed by atoms with Crippen LogP contribution in [0.4, 0.5) is 10.6 Å². The molecular weight excluding hydrogens is 344 g/mol. The summed E-state index contributed by atoms with van der Waals surface area (Å²) in [6.07, 6.45) is 3.62. The Labute approximate surface area is 159 Å². The molecule has 1 atom stereocenters. The van der Waals surface area contributed by atoms with Gasteiger partial charge in [-0.25, -0.2) is 9.48 Å². The van der Waals surface area contributed by atoms with Crippen molar-refractivity contribution >= 4 is 11.8 Å². The molecule has 0 saturated carbocycles. The third kappa shape index (κ3) is 4.08. The van der Waals surface area contributed by atoms with E-state index in [-0.39, 0.29) is 6.03 Å². The number of carbonyl (C=O) groups excluding carboxylic acids is 1. The minimum absolute atomic E-state index is 0.0908. The van der Waals surface area contributed by atoms with Crippen molar-refractivity contribution in [3.05, 3.63) is 41.6 Å². The predicted molar refractivity (Wildman–Crippen MR) is 102 cm³/mol. The smallest absolute Gasteiger partial charge is 0.323 e. The second-order valence-corrected chi connectivity index (χ2v) is 7.09. The molecule has 0 spiro atoms. The number of nitrogens with zero attached hydrogens (tertiary/aromatic N) is 3. The standard InChI is InChI=1S/C20H26N4O3/c1-2-27-18-4-3-16-6-9-23(13-17(16)11-18)20(25)22-19-5-8-21-24(19)12-15-7-10-26-14-15/h3-5,8,11,15H,2,6-7,9-10,12-14H2,1H3,(H,22,25). The molecule has 2 amide bonds. The fourth-order valence-corrected chi connectivity index (χ4v) is 3.71. The lowest BCUT2D eigenvalue weighted by Crippen LogP contribution is -2.39. The molecule has 3 heterocycles. The highest BCUT2D eigenvalue weighted by Crippen LogP contribution is 2.25. The van der Waals surface area contributed by atoms with Crippen LogP contribution in [-0.4, -0.2) is 47.1 Å². The van der Waals surface area contributed by atoms with Gasteiger partial charge in [0.25, 0.3) is 0 Å². The SMILES string of the molecule is CCOc1ccc2c(c1)CN(C(=O)Nc1ccnn1CC1CCOC1)CC2. The molecule has 1 aromatic heterocycles. The maximum absolute atomic E-state index is 12.8. The zero-order valence-corrected chi connectivity index (χ0v) is 15.7. The first-order valence-electron chi connectivity index (χ1n) is 9.63. The first-order valence-corrected chi connectivity index (χ1v) is 9.63. The van der Waals surface area contributed by atoms with E-state index >= 15 is 0 Å². The van der Waals surface area contributed by atoms with Gasteiger partial charge < -0.3 is 14.4 Å². The Kier molecular flexibility index (Phi) is 5.29. The maximum atomic E-state index is 12.8. The van der Waals surface area contributed by atoms with Crippen LogP contribution in [-0.2, 0) is 24.2 Å². The fourth-order valence-electron chi connectivity index (χ4n) is 3.71. The van der Waals surface area contributed by atoms with Crippen molar-refractivity contribution in [2.75, 3.05) is 31.7 Å². The maximum Gasteiger partial charge on any atom is 0.323 e. The van der Waals surface area contributed by atoms with Gasteiger partial charge >= 0.3 is 6.03 Å². The van der Waals surface area contributed by atoms with E-state index in [1.165, 1.54) is 5.56 Å². The molecule has 2 aliphatic heterocycles. The van der Waals surface area contributed by atoms with Gasteiger partial charge in [-0.1, -0.05) is 6.07 Å². The lowest BCUT2D eigenvalue weighted by molar-refractivity contribution is 0.181. The highest BCUT2D eigenvalue weighted by Gasteiger charge is 2.23. The van der Waals surface area contributed by atoms with Crippen molar-refractivity contribution in [1.82, 2.24) is 14.7 Å². The zero-order valence-electron chi connectivity index (χ0n) is 15.7. The van der Waals surface area contributed by atoms with E-state index < -0.39 is 0 Å². The summed E-state index contributed by atoms with van der Waals surface area (Å²) in [5.74, 6) is 2.05. The van der Waals surface area contributed by atoms with Gasteiger partial charge in [-0.05, 0) is 43.0 Å². The zero-order chi connectivity index (χ0) is 18.6. The summed E-state index contributed by atoms with van der Waals surface area (Å²) in [6, 6.07) is 7.91. The fraction of sp³-hybridized carbons (Fsp3) is 0.500. The highest BCUT2D eigenvalue weighted by molar-refractivity contribution is 5.88. The highest BCUT2D eigenvalue weighted by atomic mass is 16.5. The first-order chi connectivity index (χ1) is 13.2. The van der Waals surface area contributed by atoms with Gasteiger partial charge in [0.15, 0.2) is 0 Å². The molecule has 4 rings (SSSR count). The van der Waals surface area contributed by atoms with Crippen molar-refractivity contribution < 1.29 is 14.3 Å². The van der Waals surface area contributed by atoms with Crippen LogP contribution in [0.5, 0.6) is 5.75 Å². The van der Waals surface area contributed by atoms with Gasteiger partial charge in [-0.3, -0.25) is 5.32 Å². The van der Waals surface area contributed by atoms with Gasteiger partial charge in [0.1, 0.15) is 11.6 Å². The predicted octanol–water partition coefficient (Wildman–Crippen LogP) is 2.91. The van der Waals surface area contributed by atoms with Gasteiger partial charge in [0.2, 0.25) is 0 Å². The molecule has 2 aliphatic rings. The summed E-state index contributed by atoms with van der Waals surface area (Å²) in [5.41, 5.74) is 2.44. The number of aromatic nitrogens is 2. The monoisotopic (exact) mass is 370 g/mol. The van der Waals surface area contributed by atoms with Crippen LogP contribution in [0.2, 0.25) is 0 Å². The van der Waals surface area contributed by atoms with Crippen LogP contribution in [0.15, 0.2) is 30.5 Å². The third-order valence-corrected chi connectivity index (χ3v) is 5.19. The summed E-state index contributed by atoms with van der Waals surface area (Å²) >= 11 is 0. The van der Waals surface area contributed by atoms with E-state index in [2.05, 4.69) is 16.5 Å². The Hall–Kier alpha value is -2.54. The number of fused-ring (bicyclic) bond motifs is 1. The summed E-state index contributed by atoms with van der Waals surface area (Å²) < 4.78 is 12.9. The van der Waals surface area contributed by atoms with Gasteiger partial charge in [-0.2, -0.15) is 5.10 Å². The molecule has 27 heavy (non-hydrogen) atoms. The van der Waals surface area contributed by atoms with E-state index in [1.807, 2.05) is 34.7 Å². The molecule has 0 bridgehead atoms. The van der Waals surface area contributed by atoms with Crippen LogP contribution in [0.3, 0.4) is 0 Å². The molecule has 1 unspecified atom stereocenters. The normalized spacial score (nSPS) is 19.0. The molecule has 1 fully saturated rings. The quantitative estimate of drug-likeness (QED) is 0.879. The van der Waals surface area contributed by atoms with Crippen LogP contribution in [0.25, 0.3) is 0 Å². The number of rotatable bonds is 5. The number of nitrogens with one attached hydrogen (secondary N) is 1. The topological polar surface area (TPSA) is 68.6 Å². The summed E-state index contributed by atoms with van der Waals surface area (Å²) in [6.45, 7) is 6.25. The number of benzene rings is 1. The Bertz CT molecular complexity index is 798.